The van der Waals surface area contributed by atoms with Crippen LogP contribution >= 0.6 is 11.6 Å². The van der Waals surface area contributed by atoms with Gasteiger partial charge < -0.3 is 15.0 Å². The Labute approximate surface area is 156 Å². The fourth-order valence-electron chi connectivity index (χ4n) is 3.02. The van der Waals surface area contributed by atoms with Gasteiger partial charge in [-0.2, -0.15) is 0 Å². The highest BCUT2D eigenvalue weighted by atomic mass is 35.5. The van der Waals surface area contributed by atoms with Crippen molar-refractivity contribution in [2.24, 2.45) is 4.99 Å². The maximum atomic E-state index is 12.7. The molecule has 6 heteroatoms. The fraction of sp³-hybridized carbons (Fsp3) is 0.200. The second-order valence-corrected chi connectivity index (χ2v) is 6.57. The molecule has 2 heterocycles. The molecule has 0 saturated carbocycles. The summed E-state index contributed by atoms with van der Waals surface area (Å²) in [5.41, 5.74) is 3.54. The number of benzodiazepines with no additional fused rings is 1. The zero-order valence-corrected chi connectivity index (χ0v) is 14.9. The van der Waals surface area contributed by atoms with E-state index in [0.717, 1.165) is 29.9 Å². The lowest BCUT2D eigenvalue weighted by molar-refractivity contribution is -0.113. The first-order valence-corrected chi connectivity index (χ1v) is 8.87. The minimum atomic E-state index is -0.231. The average Bonchev–Trinajstić information content (AvgIpc) is 2.80. The molecule has 2 aliphatic heterocycles. The normalized spacial score (nSPS) is 18.8. The van der Waals surface area contributed by atoms with Gasteiger partial charge in [-0.15, -0.1) is 0 Å². The van der Waals surface area contributed by atoms with E-state index in [1.807, 2.05) is 48.7 Å². The number of morpholine rings is 1. The van der Waals surface area contributed by atoms with E-state index in [0.29, 0.717) is 29.6 Å². The molecule has 1 amide bonds. The first kappa shape index (κ1) is 16.8. The Hall–Kier alpha value is -2.63. The number of carbonyl (C=O) groups is 1. The number of aliphatic imine (C=N–C) groups is 1. The number of fused-ring (bicyclic) bond motifs is 1. The lowest BCUT2D eigenvalue weighted by Crippen LogP contribution is -2.33. The van der Waals surface area contributed by atoms with Crippen molar-refractivity contribution in [2.75, 3.05) is 31.6 Å². The molecule has 5 nitrogen and oxygen atoms in total. The largest absolute Gasteiger partial charge is 0.378 e. The Morgan fingerprint density at radius 2 is 1.88 bits per heavy atom. The van der Waals surface area contributed by atoms with Gasteiger partial charge in [0.25, 0.3) is 5.91 Å². The van der Waals surface area contributed by atoms with Crippen LogP contribution in [0.5, 0.6) is 0 Å². The summed E-state index contributed by atoms with van der Waals surface area (Å²) in [5.74, 6) is -0.231. The summed E-state index contributed by atoms with van der Waals surface area (Å²) in [6.07, 6.45) is 1.81. The average molecular weight is 368 g/mol. The molecule has 0 aliphatic carbocycles. The van der Waals surface area contributed by atoms with Gasteiger partial charge in [-0.25, -0.2) is 4.99 Å². The number of nitrogens with one attached hydrogen (secondary N) is 1. The number of anilines is 1. The van der Waals surface area contributed by atoms with E-state index in [1.54, 1.807) is 6.07 Å². The third kappa shape index (κ3) is 3.49. The maximum absolute atomic E-state index is 12.7. The molecule has 0 radical (unpaired) electrons. The van der Waals surface area contributed by atoms with Gasteiger partial charge in [0.05, 0.1) is 24.6 Å². The smallest absolute Gasteiger partial charge is 0.275 e. The van der Waals surface area contributed by atoms with E-state index in [4.69, 9.17) is 21.3 Å². The molecule has 1 saturated heterocycles. The molecule has 0 atom stereocenters. The summed E-state index contributed by atoms with van der Waals surface area (Å²) in [6, 6.07) is 15.2. The Morgan fingerprint density at radius 1 is 1.12 bits per heavy atom. The second-order valence-electron chi connectivity index (χ2n) is 6.13. The Morgan fingerprint density at radius 3 is 2.65 bits per heavy atom. The molecule has 0 unspecified atom stereocenters. The van der Waals surface area contributed by atoms with Crippen molar-refractivity contribution < 1.29 is 9.53 Å². The summed E-state index contributed by atoms with van der Waals surface area (Å²) in [6.45, 7) is 2.78. The highest BCUT2D eigenvalue weighted by molar-refractivity contribution is 6.32. The highest BCUT2D eigenvalue weighted by Crippen LogP contribution is 2.28. The molecular weight excluding hydrogens is 350 g/mol. The van der Waals surface area contributed by atoms with E-state index in [-0.39, 0.29) is 5.91 Å². The lowest BCUT2D eigenvalue weighted by atomic mass is 10.0. The molecule has 132 valence electrons. The maximum Gasteiger partial charge on any atom is 0.275 e. The van der Waals surface area contributed by atoms with E-state index in [1.165, 1.54) is 0 Å². The SMILES string of the molecule is O=C1Nc2ccc(Cl)cc2C(c2ccccc2)=N/C1=C/N1CCOCC1. The Bertz CT molecular complexity index is 887. The predicted molar refractivity (Wildman–Crippen MR) is 103 cm³/mol. The van der Waals surface area contributed by atoms with Crippen LogP contribution in [-0.2, 0) is 9.53 Å². The number of nitrogens with zero attached hydrogens (tertiary/aromatic N) is 2. The monoisotopic (exact) mass is 367 g/mol. The molecule has 2 aromatic rings. The molecule has 26 heavy (non-hydrogen) atoms. The van der Waals surface area contributed by atoms with Crippen LogP contribution in [0.3, 0.4) is 0 Å². The molecular formula is C20H18ClN3O2. The van der Waals surface area contributed by atoms with Gasteiger partial charge in [-0.05, 0) is 18.2 Å². The van der Waals surface area contributed by atoms with Gasteiger partial charge in [-0.3, -0.25) is 4.79 Å². The third-order valence-electron chi connectivity index (χ3n) is 4.35. The van der Waals surface area contributed by atoms with Gasteiger partial charge in [0.1, 0.15) is 5.70 Å². The van der Waals surface area contributed by atoms with Crippen LogP contribution in [0, 0.1) is 0 Å². The van der Waals surface area contributed by atoms with Crippen LogP contribution in [0.4, 0.5) is 5.69 Å². The first-order valence-electron chi connectivity index (χ1n) is 8.50. The standard InChI is InChI=1S/C20H18ClN3O2/c21-15-6-7-17-16(12-15)19(14-4-2-1-3-5-14)22-18(20(25)23-17)13-24-8-10-26-11-9-24/h1-7,12-13H,8-11H2,(H,23,25)/b18-13+. The summed E-state index contributed by atoms with van der Waals surface area (Å²) < 4.78 is 5.37. The van der Waals surface area contributed by atoms with E-state index in [2.05, 4.69) is 10.2 Å². The van der Waals surface area contributed by atoms with Crippen molar-refractivity contribution in [3.05, 3.63) is 76.6 Å². The zero-order valence-electron chi connectivity index (χ0n) is 14.1. The number of rotatable bonds is 2. The Kier molecular flexibility index (Phi) is 4.73. The molecule has 0 aromatic heterocycles. The van der Waals surface area contributed by atoms with E-state index >= 15 is 0 Å². The summed E-state index contributed by atoms with van der Waals surface area (Å²) >= 11 is 6.21. The number of amides is 1. The second kappa shape index (κ2) is 7.32. The third-order valence-corrected chi connectivity index (χ3v) is 4.58. The molecule has 2 aromatic carbocycles. The lowest BCUT2D eigenvalue weighted by Gasteiger charge is -2.25. The van der Waals surface area contributed by atoms with E-state index < -0.39 is 0 Å². The van der Waals surface area contributed by atoms with Gasteiger partial charge in [0.2, 0.25) is 0 Å². The van der Waals surface area contributed by atoms with Crippen molar-refractivity contribution in [2.45, 2.75) is 0 Å². The van der Waals surface area contributed by atoms with Crippen molar-refractivity contribution in [3.63, 3.8) is 0 Å². The molecule has 1 fully saturated rings. The molecule has 2 aliphatic rings. The summed E-state index contributed by atoms with van der Waals surface area (Å²) in [5, 5.41) is 3.55. The topological polar surface area (TPSA) is 53.9 Å². The number of hydrogen-bond donors (Lipinski definition) is 1. The summed E-state index contributed by atoms with van der Waals surface area (Å²) in [4.78, 5) is 19.5. The van der Waals surface area contributed by atoms with Crippen LogP contribution in [-0.4, -0.2) is 42.8 Å². The number of carbonyl (C=O) groups excluding carboxylic acids is 1. The van der Waals surface area contributed by atoms with Crippen molar-refractivity contribution in [1.29, 1.82) is 0 Å². The number of ether oxygens (including phenoxy) is 1. The number of hydrogen-bond acceptors (Lipinski definition) is 4. The zero-order chi connectivity index (χ0) is 17.9. The number of halogens is 1. The molecule has 4 rings (SSSR count). The first-order chi connectivity index (χ1) is 12.7. The van der Waals surface area contributed by atoms with Crippen molar-refractivity contribution in [3.8, 4) is 0 Å². The van der Waals surface area contributed by atoms with Gasteiger partial charge in [-0.1, -0.05) is 41.9 Å². The summed E-state index contributed by atoms with van der Waals surface area (Å²) in [7, 11) is 0. The van der Waals surface area contributed by atoms with Crippen LogP contribution in [0.1, 0.15) is 11.1 Å². The molecule has 1 N–H and O–H groups in total. The highest BCUT2D eigenvalue weighted by Gasteiger charge is 2.22. The van der Waals surface area contributed by atoms with Gasteiger partial charge in [0, 0.05) is 35.4 Å². The van der Waals surface area contributed by atoms with Crippen molar-refractivity contribution in [1.82, 2.24) is 4.90 Å². The minimum Gasteiger partial charge on any atom is -0.378 e. The van der Waals surface area contributed by atoms with Crippen LogP contribution < -0.4 is 5.32 Å². The van der Waals surface area contributed by atoms with Crippen molar-refractivity contribution >= 4 is 28.9 Å². The van der Waals surface area contributed by atoms with Gasteiger partial charge >= 0.3 is 0 Å². The van der Waals surface area contributed by atoms with Gasteiger partial charge in [0.15, 0.2) is 0 Å². The fourth-order valence-corrected chi connectivity index (χ4v) is 3.19. The van der Waals surface area contributed by atoms with Crippen LogP contribution in [0.15, 0.2) is 65.4 Å². The van der Waals surface area contributed by atoms with Crippen LogP contribution in [0.25, 0.3) is 0 Å². The quantitative estimate of drug-likeness (QED) is 0.828. The number of benzene rings is 2. The molecule has 0 spiro atoms. The minimum absolute atomic E-state index is 0.231. The molecule has 0 bridgehead atoms. The predicted octanol–water partition coefficient (Wildman–Crippen LogP) is 3.30. The Balaban J connectivity index is 1.84. The van der Waals surface area contributed by atoms with Crippen LogP contribution in [0.2, 0.25) is 5.02 Å². The van der Waals surface area contributed by atoms with E-state index in [9.17, 15) is 4.79 Å².